The molecule has 0 aliphatic rings. The molecule has 21 heavy (non-hydrogen) atoms. The molecule has 0 heterocycles. The standard InChI is InChI=1S/C17H27NO3/c1-13(2)18(11-5-6-17(19)20)14(3)12-15-7-9-16(21-4)10-8-15/h7-10,13-14H,5-6,11-12H2,1-4H3,(H,19,20). The van der Waals surface area contributed by atoms with Crippen molar-refractivity contribution < 1.29 is 14.6 Å². The highest BCUT2D eigenvalue weighted by Crippen LogP contribution is 2.16. The number of hydrogen-bond donors (Lipinski definition) is 1. The number of carbonyl (C=O) groups is 1. The van der Waals surface area contributed by atoms with E-state index in [4.69, 9.17) is 9.84 Å². The molecule has 1 rings (SSSR count). The van der Waals surface area contributed by atoms with E-state index in [0.717, 1.165) is 18.7 Å². The van der Waals surface area contributed by atoms with Gasteiger partial charge in [-0.05, 0) is 57.9 Å². The number of nitrogens with zero attached hydrogens (tertiary/aromatic N) is 1. The fraction of sp³-hybridized carbons (Fsp3) is 0.588. The molecule has 1 aromatic rings. The molecule has 0 spiro atoms. The van der Waals surface area contributed by atoms with E-state index in [1.54, 1.807) is 7.11 Å². The zero-order valence-corrected chi connectivity index (χ0v) is 13.5. The van der Waals surface area contributed by atoms with Gasteiger partial charge in [0.2, 0.25) is 0 Å². The summed E-state index contributed by atoms with van der Waals surface area (Å²) in [6.45, 7) is 7.34. The summed E-state index contributed by atoms with van der Waals surface area (Å²) in [6.07, 6.45) is 1.88. The van der Waals surface area contributed by atoms with Crippen molar-refractivity contribution in [2.24, 2.45) is 0 Å². The Labute approximate surface area is 127 Å². The average molecular weight is 293 g/mol. The van der Waals surface area contributed by atoms with Crippen LogP contribution in [0.4, 0.5) is 0 Å². The Kier molecular flexibility index (Phi) is 7.23. The van der Waals surface area contributed by atoms with Crippen molar-refractivity contribution in [2.75, 3.05) is 13.7 Å². The van der Waals surface area contributed by atoms with E-state index in [0.29, 0.717) is 18.5 Å². The van der Waals surface area contributed by atoms with E-state index in [2.05, 4.69) is 37.8 Å². The number of aliphatic carboxylic acids is 1. The number of carboxylic acid groups (broad SMARTS) is 1. The molecule has 0 fully saturated rings. The first-order valence-corrected chi connectivity index (χ1v) is 7.54. The van der Waals surface area contributed by atoms with Crippen LogP contribution in [0.1, 0.15) is 39.2 Å². The van der Waals surface area contributed by atoms with Gasteiger partial charge in [0.15, 0.2) is 0 Å². The summed E-state index contributed by atoms with van der Waals surface area (Å²) in [5.74, 6) is 0.148. The lowest BCUT2D eigenvalue weighted by molar-refractivity contribution is -0.137. The second-order valence-corrected chi connectivity index (χ2v) is 5.73. The van der Waals surface area contributed by atoms with Crippen LogP contribution >= 0.6 is 0 Å². The zero-order chi connectivity index (χ0) is 15.8. The summed E-state index contributed by atoms with van der Waals surface area (Å²) in [5.41, 5.74) is 1.27. The first kappa shape index (κ1) is 17.5. The first-order valence-electron chi connectivity index (χ1n) is 7.54. The second kappa shape index (κ2) is 8.67. The van der Waals surface area contributed by atoms with Crippen LogP contribution in [0, 0.1) is 0 Å². The monoisotopic (exact) mass is 293 g/mol. The highest BCUT2D eigenvalue weighted by molar-refractivity contribution is 5.66. The molecule has 1 N–H and O–H groups in total. The number of benzene rings is 1. The van der Waals surface area contributed by atoms with Crippen molar-refractivity contribution in [3.63, 3.8) is 0 Å². The summed E-state index contributed by atoms with van der Waals surface area (Å²) in [6, 6.07) is 8.92. The van der Waals surface area contributed by atoms with Gasteiger partial charge in [0.1, 0.15) is 5.75 Å². The van der Waals surface area contributed by atoms with Gasteiger partial charge in [-0.3, -0.25) is 9.69 Å². The summed E-state index contributed by atoms with van der Waals surface area (Å²) < 4.78 is 5.17. The molecule has 0 aromatic heterocycles. The van der Waals surface area contributed by atoms with Gasteiger partial charge < -0.3 is 9.84 Å². The molecule has 0 bridgehead atoms. The van der Waals surface area contributed by atoms with Crippen LogP contribution in [0.25, 0.3) is 0 Å². The molecule has 4 nitrogen and oxygen atoms in total. The lowest BCUT2D eigenvalue weighted by Gasteiger charge is -2.32. The van der Waals surface area contributed by atoms with Crippen molar-refractivity contribution in [2.45, 2.75) is 52.1 Å². The summed E-state index contributed by atoms with van der Waals surface area (Å²) in [4.78, 5) is 13.0. The predicted octanol–water partition coefficient (Wildman–Crippen LogP) is 3.20. The van der Waals surface area contributed by atoms with Crippen molar-refractivity contribution >= 4 is 5.97 Å². The Bertz CT molecular complexity index is 428. The minimum atomic E-state index is -0.721. The SMILES string of the molecule is COc1ccc(CC(C)N(CCCC(=O)O)C(C)C)cc1. The number of rotatable bonds is 9. The van der Waals surface area contributed by atoms with E-state index in [9.17, 15) is 4.79 Å². The molecule has 118 valence electrons. The maximum Gasteiger partial charge on any atom is 0.303 e. The molecule has 0 aliphatic heterocycles. The fourth-order valence-electron chi connectivity index (χ4n) is 2.62. The lowest BCUT2D eigenvalue weighted by atomic mass is 10.0. The molecule has 1 aromatic carbocycles. The highest BCUT2D eigenvalue weighted by atomic mass is 16.5. The van der Waals surface area contributed by atoms with Crippen molar-refractivity contribution in [1.82, 2.24) is 4.90 Å². The van der Waals surface area contributed by atoms with Gasteiger partial charge in [0, 0.05) is 18.5 Å². The Morgan fingerprint density at radius 3 is 2.33 bits per heavy atom. The van der Waals surface area contributed by atoms with Crippen LogP contribution in [0.15, 0.2) is 24.3 Å². The smallest absolute Gasteiger partial charge is 0.303 e. The fourth-order valence-corrected chi connectivity index (χ4v) is 2.62. The number of hydrogen-bond acceptors (Lipinski definition) is 3. The van der Waals surface area contributed by atoms with Gasteiger partial charge >= 0.3 is 5.97 Å². The lowest BCUT2D eigenvalue weighted by Crippen LogP contribution is -2.40. The van der Waals surface area contributed by atoms with Crippen LogP contribution in [0.3, 0.4) is 0 Å². The molecule has 0 radical (unpaired) electrons. The molecular weight excluding hydrogens is 266 g/mol. The van der Waals surface area contributed by atoms with Crippen LogP contribution in [-0.2, 0) is 11.2 Å². The number of methoxy groups -OCH3 is 1. The maximum atomic E-state index is 10.6. The summed E-state index contributed by atoms with van der Waals surface area (Å²) in [7, 11) is 1.67. The summed E-state index contributed by atoms with van der Waals surface area (Å²) in [5, 5.41) is 8.76. The Hall–Kier alpha value is -1.55. The van der Waals surface area contributed by atoms with Crippen molar-refractivity contribution in [3.8, 4) is 5.75 Å². The van der Waals surface area contributed by atoms with Gasteiger partial charge in [-0.1, -0.05) is 12.1 Å². The van der Waals surface area contributed by atoms with Gasteiger partial charge in [-0.2, -0.15) is 0 Å². The quantitative estimate of drug-likeness (QED) is 0.759. The largest absolute Gasteiger partial charge is 0.497 e. The van der Waals surface area contributed by atoms with E-state index >= 15 is 0 Å². The molecule has 0 aliphatic carbocycles. The zero-order valence-electron chi connectivity index (χ0n) is 13.5. The van der Waals surface area contributed by atoms with Crippen molar-refractivity contribution in [1.29, 1.82) is 0 Å². The third-order valence-electron chi connectivity index (χ3n) is 3.73. The molecule has 1 unspecified atom stereocenters. The Morgan fingerprint density at radius 2 is 1.86 bits per heavy atom. The van der Waals surface area contributed by atoms with E-state index < -0.39 is 5.97 Å². The van der Waals surface area contributed by atoms with Crippen LogP contribution in [0.2, 0.25) is 0 Å². The van der Waals surface area contributed by atoms with E-state index in [1.165, 1.54) is 5.56 Å². The predicted molar refractivity (Wildman–Crippen MR) is 84.9 cm³/mol. The molecule has 1 atom stereocenters. The molecule has 0 saturated heterocycles. The third kappa shape index (κ3) is 6.17. The molecule has 4 heteroatoms. The Balaban J connectivity index is 2.58. The molecular formula is C17H27NO3. The third-order valence-corrected chi connectivity index (χ3v) is 3.73. The summed E-state index contributed by atoms with van der Waals surface area (Å²) >= 11 is 0. The average Bonchev–Trinajstić information content (AvgIpc) is 2.43. The first-order chi connectivity index (χ1) is 9.93. The topological polar surface area (TPSA) is 49.8 Å². The number of ether oxygens (including phenoxy) is 1. The number of carboxylic acids is 1. The molecule has 0 amide bonds. The van der Waals surface area contributed by atoms with Gasteiger partial charge in [0.05, 0.1) is 7.11 Å². The van der Waals surface area contributed by atoms with Crippen LogP contribution < -0.4 is 4.74 Å². The minimum Gasteiger partial charge on any atom is -0.497 e. The molecule has 0 saturated carbocycles. The maximum absolute atomic E-state index is 10.6. The van der Waals surface area contributed by atoms with E-state index in [1.807, 2.05) is 12.1 Å². The Morgan fingerprint density at radius 1 is 1.24 bits per heavy atom. The van der Waals surface area contributed by atoms with E-state index in [-0.39, 0.29) is 6.42 Å². The van der Waals surface area contributed by atoms with Gasteiger partial charge in [-0.15, -0.1) is 0 Å². The normalized spacial score (nSPS) is 12.7. The van der Waals surface area contributed by atoms with Gasteiger partial charge in [-0.25, -0.2) is 0 Å². The highest BCUT2D eigenvalue weighted by Gasteiger charge is 2.17. The van der Waals surface area contributed by atoms with Gasteiger partial charge in [0.25, 0.3) is 0 Å². The minimum absolute atomic E-state index is 0.235. The second-order valence-electron chi connectivity index (χ2n) is 5.73. The van der Waals surface area contributed by atoms with Crippen LogP contribution in [0.5, 0.6) is 5.75 Å². The van der Waals surface area contributed by atoms with Crippen LogP contribution in [-0.4, -0.2) is 41.7 Å². The van der Waals surface area contributed by atoms with Crippen molar-refractivity contribution in [3.05, 3.63) is 29.8 Å².